The van der Waals surface area contributed by atoms with Gasteiger partial charge < -0.3 is 9.87 Å². The van der Waals surface area contributed by atoms with Gasteiger partial charge in [0.05, 0.1) is 40.1 Å². The molecule has 0 bridgehead atoms. The standard InChI is InChI=1S/C20H16FN5O3S/c1-12(13-6-16(30(28)29)8-22-7-13)25-20(27)18-9-23-11-19-17(18)10-24-26(19)15-4-2-14(21)3-5-15/h2-12H,1H3,(H,25,27)(H,28,29)/t12-/m0/s1. The van der Waals surface area contributed by atoms with Crippen molar-refractivity contribution >= 4 is 27.9 Å². The lowest BCUT2D eigenvalue weighted by atomic mass is 10.1. The number of fused-ring (bicyclic) bond motifs is 1. The lowest BCUT2D eigenvalue weighted by Crippen LogP contribution is -2.27. The minimum Gasteiger partial charge on any atom is -0.345 e. The topological polar surface area (TPSA) is 110 Å². The first-order valence-corrected chi connectivity index (χ1v) is 9.99. The first-order chi connectivity index (χ1) is 14.4. The van der Waals surface area contributed by atoms with Crippen molar-refractivity contribution in [3.63, 3.8) is 0 Å². The summed E-state index contributed by atoms with van der Waals surface area (Å²) in [5.74, 6) is -0.735. The number of benzene rings is 1. The molecule has 4 aromatic rings. The number of hydrogen-bond acceptors (Lipinski definition) is 5. The van der Waals surface area contributed by atoms with Crippen molar-refractivity contribution in [3.05, 3.63) is 78.3 Å². The maximum atomic E-state index is 13.2. The zero-order valence-electron chi connectivity index (χ0n) is 15.7. The Hall–Kier alpha value is -3.50. The number of nitrogens with zero attached hydrogens (tertiary/aromatic N) is 4. The average Bonchev–Trinajstić information content (AvgIpc) is 3.18. The summed E-state index contributed by atoms with van der Waals surface area (Å²) in [5, 5.41) is 7.74. The fourth-order valence-electron chi connectivity index (χ4n) is 3.04. The molecule has 0 radical (unpaired) electrons. The largest absolute Gasteiger partial charge is 0.345 e. The highest BCUT2D eigenvalue weighted by molar-refractivity contribution is 7.79. The van der Waals surface area contributed by atoms with Gasteiger partial charge in [-0.3, -0.25) is 14.8 Å². The van der Waals surface area contributed by atoms with E-state index in [-0.39, 0.29) is 16.6 Å². The Labute approximate surface area is 173 Å². The van der Waals surface area contributed by atoms with Gasteiger partial charge in [-0.2, -0.15) is 5.10 Å². The molecule has 0 saturated carbocycles. The van der Waals surface area contributed by atoms with Crippen molar-refractivity contribution in [2.45, 2.75) is 17.9 Å². The van der Waals surface area contributed by atoms with Crippen LogP contribution in [0, 0.1) is 5.82 Å². The molecular weight excluding hydrogens is 409 g/mol. The van der Waals surface area contributed by atoms with E-state index in [2.05, 4.69) is 20.4 Å². The van der Waals surface area contributed by atoms with Crippen molar-refractivity contribution in [3.8, 4) is 5.69 Å². The van der Waals surface area contributed by atoms with Gasteiger partial charge in [-0.15, -0.1) is 0 Å². The van der Waals surface area contributed by atoms with Crippen LogP contribution in [-0.2, 0) is 11.1 Å². The highest BCUT2D eigenvalue weighted by Crippen LogP contribution is 2.22. The average molecular weight is 425 g/mol. The first kappa shape index (κ1) is 19.8. The Morgan fingerprint density at radius 2 is 1.87 bits per heavy atom. The van der Waals surface area contributed by atoms with Crippen molar-refractivity contribution in [2.75, 3.05) is 0 Å². The lowest BCUT2D eigenvalue weighted by Gasteiger charge is -2.15. The van der Waals surface area contributed by atoms with Gasteiger partial charge in [-0.05, 0) is 42.8 Å². The van der Waals surface area contributed by atoms with E-state index < -0.39 is 17.1 Å². The van der Waals surface area contributed by atoms with Crippen LogP contribution in [0.2, 0.25) is 0 Å². The van der Waals surface area contributed by atoms with Gasteiger partial charge in [-0.1, -0.05) is 0 Å². The minimum absolute atomic E-state index is 0.151. The third kappa shape index (κ3) is 3.82. The number of nitrogens with one attached hydrogen (secondary N) is 1. The van der Waals surface area contributed by atoms with Crippen LogP contribution in [-0.4, -0.2) is 34.4 Å². The van der Waals surface area contributed by atoms with E-state index >= 15 is 0 Å². The molecule has 30 heavy (non-hydrogen) atoms. The smallest absolute Gasteiger partial charge is 0.254 e. The molecule has 10 heteroatoms. The normalized spacial score (nSPS) is 13.2. The van der Waals surface area contributed by atoms with Gasteiger partial charge in [0.25, 0.3) is 5.91 Å². The van der Waals surface area contributed by atoms with E-state index in [9.17, 15) is 17.9 Å². The number of amides is 1. The predicted molar refractivity (Wildman–Crippen MR) is 108 cm³/mol. The Bertz CT molecular complexity index is 1260. The summed E-state index contributed by atoms with van der Waals surface area (Å²) in [6.07, 6.45) is 7.39. The summed E-state index contributed by atoms with van der Waals surface area (Å²) in [4.78, 5) is 21.1. The molecule has 152 valence electrons. The molecule has 1 amide bonds. The fourth-order valence-corrected chi connectivity index (χ4v) is 3.42. The van der Waals surface area contributed by atoms with E-state index in [0.717, 1.165) is 0 Å². The van der Waals surface area contributed by atoms with Crippen LogP contribution in [0.15, 0.2) is 66.2 Å². The Morgan fingerprint density at radius 1 is 1.13 bits per heavy atom. The van der Waals surface area contributed by atoms with E-state index in [1.54, 1.807) is 36.1 Å². The van der Waals surface area contributed by atoms with Crippen LogP contribution < -0.4 is 5.32 Å². The van der Waals surface area contributed by atoms with Crippen LogP contribution in [0.25, 0.3) is 16.6 Å². The Balaban J connectivity index is 1.63. The summed E-state index contributed by atoms with van der Waals surface area (Å²) >= 11 is -2.16. The lowest BCUT2D eigenvalue weighted by molar-refractivity contribution is 0.0941. The van der Waals surface area contributed by atoms with Crippen LogP contribution in [0.5, 0.6) is 0 Å². The van der Waals surface area contributed by atoms with E-state index in [4.69, 9.17) is 0 Å². The zero-order valence-corrected chi connectivity index (χ0v) is 16.5. The molecule has 8 nitrogen and oxygen atoms in total. The molecule has 0 aliphatic carbocycles. The summed E-state index contributed by atoms with van der Waals surface area (Å²) < 4.78 is 35.3. The monoisotopic (exact) mass is 425 g/mol. The molecule has 2 atom stereocenters. The minimum atomic E-state index is -2.16. The van der Waals surface area contributed by atoms with Gasteiger partial charge in [-0.25, -0.2) is 13.3 Å². The molecule has 0 fully saturated rings. The maximum absolute atomic E-state index is 13.2. The molecule has 0 saturated heterocycles. The molecule has 3 aromatic heterocycles. The molecule has 1 aromatic carbocycles. The number of aromatic nitrogens is 4. The number of hydrogen-bond donors (Lipinski definition) is 2. The van der Waals surface area contributed by atoms with Crippen LogP contribution in [0.4, 0.5) is 4.39 Å². The van der Waals surface area contributed by atoms with Gasteiger partial charge >= 0.3 is 0 Å². The molecule has 0 spiro atoms. The second kappa shape index (κ2) is 8.09. The molecule has 2 N–H and O–H groups in total. The second-order valence-corrected chi connectivity index (χ2v) is 7.52. The molecular formula is C20H16FN5O3S. The molecule has 0 aliphatic heterocycles. The van der Waals surface area contributed by atoms with Crippen molar-refractivity contribution in [1.82, 2.24) is 25.1 Å². The Morgan fingerprint density at radius 3 is 2.60 bits per heavy atom. The van der Waals surface area contributed by atoms with E-state index in [0.29, 0.717) is 27.7 Å². The second-order valence-electron chi connectivity index (χ2n) is 6.55. The van der Waals surface area contributed by atoms with Crippen molar-refractivity contribution in [2.24, 2.45) is 0 Å². The van der Waals surface area contributed by atoms with Crippen molar-refractivity contribution < 1.29 is 17.9 Å². The molecule has 4 rings (SSSR count). The van der Waals surface area contributed by atoms with E-state index in [1.807, 2.05) is 0 Å². The van der Waals surface area contributed by atoms with Crippen LogP contribution >= 0.6 is 0 Å². The summed E-state index contributed by atoms with van der Waals surface area (Å²) in [5.41, 5.74) is 2.15. The number of carbonyl (C=O) groups is 1. The van der Waals surface area contributed by atoms with Crippen LogP contribution in [0.3, 0.4) is 0 Å². The van der Waals surface area contributed by atoms with Gasteiger partial charge in [0.2, 0.25) is 0 Å². The first-order valence-electron chi connectivity index (χ1n) is 8.88. The number of carbonyl (C=O) groups excluding carboxylic acids is 1. The quantitative estimate of drug-likeness (QED) is 0.476. The highest BCUT2D eigenvalue weighted by Gasteiger charge is 2.18. The highest BCUT2D eigenvalue weighted by atomic mass is 32.2. The number of rotatable bonds is 5. The summed E-state index contributed by atoms with van der Waals surface area (Å²) in [6, 6.07) is 6.88. The number of halogens is 1. The molecule has 1 unspecified atom stereocenters. The molecule has 3 heterocycles. The van der Waals surface area contributed by atoms with Gasteiger partial charge in [0, 0.05) is 24.0 Å². The van der Waals surface area contributed by atoms with Crippen LogP contribution in [0.1, 0.15) is 28.9 Å². The SMILES string of the molecule is C[C@H](NC(=O)c1cncc2c1cnn2-c1ccc(F)cc1)c1cncc(S(=O)O)c1. The van der Waals surface area contributed by atoms with Crippen molar-refractivity contribution in [1.29, 1.82) is 0 Å². The number of pyridine rings is 2. The maximum Gasteiger partial charge on any atom is 0.254 e. The van der Waals surface area contributed by atoms with Gasteiger partial charge in [0.15, 0.2) is 11.1 Å². The summed E-state index contributed by atoms with van der Waals surface area (Å²) in [6.45, 7) is 1.74. The fraction of sp³-hybridized carbons (Fsp3) is 0.100. The summed E-state index contributed by atoms with van der Waals surface area (Å²) in [7, 11) is 0. The van der Waals surface area contributed by atoms with E-state index in [1.165, 1.54) is 36.8 Å². The Kier molecular flexibility index (Phi) is 5.34. The third-order valence-electron chi connectivity index (χ3n) is 4.60. The predicted octanol–water partition coefficient (Wildman–Crippen LogP) is 3.03. The van der Waals surface area contributed by atoms with Gasteiger partial charge in [0.1, 0.15) is 5.82 Å². The third-order valence-corrected chi connectivity index (χ3v) is 5.22. The zero-order chi connectivity index (χ0) is 21.3. The molecule has 0 aliphatic rings.